The lowest BCUT2D eigenvalue weighted by Gasteiger charge is -2.38. The maximum absolute atomic E-state index is 14.6. The van der Waals surface area contributed by atoms with Crippen molar-refractivity contribution in [2.24, 2.45) is 17.8 Å². The second kappa shape index (κ2) is 8.37. The zero-order chi connectivity index (χ0) is 18.7. The number of nitrogens with one attached hydrogen (secondary N) is 1. The maximum atomic E-state index is 14.6. The van der Waals surface area contributed by atoms with Gasteiger partial charge in [-0.15, -0.1) is 0 Å². The molecule has 1 aliphatic rings. The van der Waals surface area contributed by atoms with E-state index < -0.39 is 42.2 Å². The van der Waals surface area contributed by atoms with E-state index in [0.717, 1.165) is 0 Å². The molecule has 0 aromatic carbocycles. The average molecular weight is 349 g/mol. The number of hydrogen-bond acceptors (Lipinski definition) is 3. The molecule has 0 saturated heterocycles. The molecule has 0 aromatic rings. The van der Waals surface area contributed by atoms with Gasteiger partial charge in [-0.3, -0.25) is 4.79 Å². The van der Waals surface area contributed by atoms with Crippen molar-refractivity contribution in [3.05, 3.63) is 12.2 Å². The van der Waals surface area contributed by atoms with Gasteiger partial charge in [0.15, 0.2) is 0 Å². The summed E-state index contributed by atoms with van der Waals surface area (Å²) in [5.74, 6) is -3.26. The summed E-state index contributed by atoms with van der Waals surface area (Å²) in [6, 6.07) is 0. The molecule has 1 N–H and O–H groups in total. The minimum absolute atomic E-state index is 0.191. The Kier molecular flexibility index (Phi) is 7.32. The Balaban J connectivity index is 2.95. The first kappa shape index (κ1) is 21.0. The average Bonchev–Trinajstić information content (AvgIpc) is 2.48. The van der Waals surface area contributed by atoms with Crippen molar-refractivity contribution in [3.63, 3.8) is 0 Å². The highest BCUT2D eigenvalue weighted by Gasteiger charge is 2.46. The van der Waals surface area contributed by atoms with Crippen LogP contribution in [0.15, 0.2) is 12.2 Å². The number of esters is 1. The monoisotopic (exact) mass is 349 g/mol. The van der Waals surface area contributed by atoms with E-state index in [1.54, 1.807) is 6.92 Å². The molecule has 1 aliphatic carbocycles. The fraction of sp³-hybridized carbons (Fsp3) is 0.833. The van der Waals surface area contributed by atoms with E-state index in [2.05, 4.69) is 11.9 Å². The lowest BCUT2D eigenvalue weighted by Crippen LogP contribution is -2.47. The fourth-order valence-corrected chi connectivity index (χ4v) is 3.01. The number of carbonyl (C=O) groups excluding carboxylic acids is 1. The van der Waals surface area contributed by atoms with E-state index in [9.17, 15) is 18.0 Å². The lowest BCUT2D eigenvalue weighted by atomic mass is 9.72. The Labute approximate surface area is 143 Å². The van der Waals surface area contributed by atoms with Crippen molar-refractivity contribution >= 4 is 5.97 Å². The third-order valence-corrected chi connectivity index (χ3v) is 4.55. The van der Waals surface area contributed by atoms with Crippen molar-refractivity contribution in [2.45, 2.75) is 65.1 Å². The maximum Gasteiger partial charge on any atom is 0.314 e. The van der Waals surface area contributed by atoms with Gasteiger partial charge in [-0.05, 0) is 34.1 Å². The van der Waals surface area contributed by atoms with Crippen LogP contribution in [-0.4, -0.2) is 43.2 Å². The molecule has 6 atom stereocenters. The predicted octanol–water partition coefficient (Wildman–Crippen LogP) is 3.78. The number of halogens is 3. The van der Waals surface area contributed by atoms with E-state index in [0.29, 0.717) is 0 Å². The van der Waals surface area contributed by atoms with Crippen LogP contribution >= 0.6 is 0 Å². The predicted molar refractivity (Wildman–Crippen MR) is 89.0 cm³/mol. The van der Waals surface area contributed by atoms with Gasteiger partial charge in [-0.2, -0.15) is 0 Å². The SMILES string of the molecule is C=C(C(CNC(C)(C)C)C(=O)OCC)C1CC(F)C(F)C(C)C1F. The van der Waals surface area contributed by atoms with Gasteiger partial charge in [0.05, 0.1) is 12.5 Å². The smallest absolute Gasteiger partial charge is 0.314 e. The topological polar surface area (TPSA) is 38.3 Å². The van der Waals surface area contributed by atoms with Crippen LogP contribution in [0.3, 0.4) is 0 Å². The molecule has 0 amide bonds. The van der Waals surface area contributed by atoms with Gasteiger partial charge in [-0.25, -0.2) is 13.2 Å². The molecular weight excluding hydrogens is 319 g/mol. The quantitative estimate of drug-likeness (QED) is 0.586. The Morgan fingerprint density at radius 1 is 1.29 bits per heavy atom. The first-order chi connectivity index (χ1) is 11.0. The van der Waals surface area contributed by atoms with E-state index in [1.165, 1.54) is 6.92 Å². The molecule has 0 aromatic heterocycles. The summed E-state index contributed by atoms with van der Waals surface area (Å²) >= 11 is 0. The molecule has 0 heterocycles. The van der Waals surface area contributed by atoms with E-state index in [4.69, 9.17) is 4.74 Å². The largest absolute Gasteiger partial charge is 0.465 e. The van der Waals surface area contributed by atoms with Gasteiger partial charge in [-0.1, -0.05) is 19.1 Å². The highest BCUT2D eigenvalue weighted by Crippen LogP contribution is 2.41. The third kappa shape index (κ3) is 5.23. The summed E-state index contributed by atoms with van der Waals surface area (Å²) in [5.41, 5.74) is 0.0197. The van der Waals surface area contributed by atoms with Crippen LogP contribution in [0.5, 0.6) is 0 Å². The summed E-state index contributed by atoms with van der Waals surface area (Å²) in [6.07, 6.45) is -5.42. The van der Waals surface area contributed by atoms with Gasteiger partial charge in [0.1, 0.15) is 18.5 Å². The summed E-state index contributed by atoms with van der Waals surface area (Å²) in [6.45, 7) is 13.1. The molecule has 0 radical (unpaired) electrons. The molecule has 0 spiro atoms. The molecule has 24 heavy (non-hydrogen) atoms. The number of carbonyl (C=O) groups is 1. The van der Waals surface area contributed by atoms with Crippen LogP contribution < -0.4 is 5.32 Å². The van der Waals surface area contributed by atoms with Crippen LogP contribution in [0.4, 0.5) is 13.2 Å². The summed E-state index contributed by atoms with van der Waals surface area (Å²) in [7, 11) is 0. The van der Waals surface area contributed by atoms with E-state index >= 15 is 0 Å². The number of ether oxygens (including phenoxy) is 1. The summed E-state index contributed by atoms with van der Waals surface area (Å²) < 4.78 is 47.2. The van der Waals surface area contributed by atoms with Gasteiger partial charge in [0.25, 0.3) is 0 Å². The minimum atomic E-state index is -1.82. The molecule has 1 fully saturated rings. The fourth-order valence-electron chi connectivity index (χ4n) is 3.01. The lowest BCUT2D eigenvalue weighted by molar-refractivity contribution is -0.147. The zero-order valence-electron chi connectivity index (χ0n) is 15.2. The molecule has 0 bridgehead atoms. The van der Waals surface area contributed by atoms with Crippen LogP contribution in [-0.2, 0) is 9.53 Å². The summed E-state index contributed by atoms with van der Waals surface area (Å²) in [4.78, 5) is 12.3. The van der Waals surface area contributed by atoms with Crippen LogP contribution in [0.25, 0.3) is 0 Å². The number of rotatable bonds is 6. The van der Waals surface area contributed by atoms with E-state index in [1.807, 2.05) is 20.8 Å². The van der Waals surface area contributed by atoms with Crippen molar-refractivity contribution in [1.29, 1.82) is 0 Å². The molecule has 6 unspecified atom stereocenters. The number of alkyl halides is 3. The second-order valence-corrected chi connectivity index (χ2v) is 7.62. The van der Waals surface area contributed by atoms with Crippen LogP contribution in [0, 0.1) is 17.8 Å². The Morgan fingerprint density at radius 3 is 2.38 bits per heavy atom. The van der Waals surface area contributed by atoms with Crippen molar-refractivity contribution in [1.82, 2.24) is 5.32 Å². The van der Waals surface area contributed by atoms with Gasteiger partial charge < -0.3 is 10.1 Å². The van der Waals surface area contributed by atoms with Crippen molar-refractivity contribution < 1.29 is 22.7 Å². The Hall–Kier alpha value is -1.04. The second-order valence-electron chi connectivity index (χ2n) is 7.62. The molecule has 1 rings (SSSR count). The molecule has 6 heteroatoms. The first-order valence-electron chi connectivity index (χ1n) is 8.52. The zero-order valence-corrected chi connectivity index (χ0v) is 15.2. The van der Waals surface area contributed by atoms with Crippen LogP contribution in [0.1, 0.15) is 41.0 Å². The van der Waals surface area contributed by atoms with Gasteiger partial charge in [0.2, 0.25) is 0 Å². The van der Waals surface area contributed by atoms with Crippen LogP contribution in [0.2, 0.25) is 0 Å². The van der Waals surface area contributed by atoms with E-state index in [-0.39, 0.29) is 30.7 Å². The Bertz CT molecular complexity index is 450. The van der Waals surface area contributed by atoms with Gasteiger partial charge in [0, 0.05) is 23.9 Å². The highest BCUT2D eigenvalue weighted by molar-refractivity contribution is 5.76. The Morgan fingerprint density at radius 2 is 1.88 bits per heavy atom. The third-order valence-electron chi connectivity index (χ3n) is 4.55. The van der Waals surface area contributed by atoms with Crippen molar-refractivity contribution in [3.8, 4) is 0 Å². The molecule has 1 saturated carbocycles. The normalized spacial score (nSPS) is 32.2. The number of hydrogen-bond donors (Lipinski definition) is 1. The highest BCUT2D eigenvalue weighted by atomic mass is 19.2. The molecule has 140 valence electrons. The molecule has 3 nitrogen and oxygen atoms in total. The first-order valence-corrected chi connectivity index (χ1v) is 8.52. The van der Waals surface area contributed by atoms with Crippen molar-refractivity contribution in [2.75, 3.05) is 13.2 Å². The summed E-state index contributed by atoms with van der Waals surface area (Å²) in [5, 5.41) is 3.18. The molecular formula is C18H30F3NO2. The van der Waals surface area contributed by atoms with Gasteiger partial charge >= 0.3 is 5.97 Å². The molecule has 0 aliphatic heterocycles. The standard InChI is InChI=1S/C18H30F3NO2/c1-7-24-17(23)13(9-22-18(4,5)6)10(2)12-8-14(19)16(21)11(3)15(12)20/h11-16,22H,2,7-9H2,1,3-6H3. The minimum Gasteiger partial charge on any atom is -0.465 e.